The van der Waals surface area contributed by atoms with Crippen molar-refractivity contribution < 1.29 is 0 Å². The highest BCUT2D eigenvalue weighted by Crippen LogP contribution is 2.11. The Labute approximate surface area is 78.7 Å². The van der Waals surface area contributed by atoms with E-state index in [0.29, 0.717) is 5.92 Å². The van der Waals surface area contributed by atoms with Crippen LogP contribution in [0.3, 0.4) is 0 Å². The molecule has 2 nitrogen and oxygen atoms in total. The zero-order valence-electron chi connectivity index (χ0n) is 7.61. The first-order valence-electron chi connectivity index (χ1n) is 4.74. The van der Waals surface area contributed by atoms with E-state index >= 15 is 0 Å². The van der Waals surface area contributed by atoms with Crippen LogP contribution in [0.25, 0.3) is 6.08 Å². The Kier molecular flexibility index (Phi) is 2.72. The van der Waals surface area contributed by atoms with Crippen LogP contribution in [-0.2, 0) is 0 Å². The van der Waals surface area contributed by atoms with Gasteiger partial charge in [0.15, 0.2) is 0 Å². The van der Waals surface area contributed by atoms with E-state index in [9.17, 15) is 0 Å². The highest BCUT2D eigenvalue weighted by Gasteiger charge is 2.09. The maximum Gasteiger partial charge on any atom is 0.0340 e. The maximum absolute atomic E-state index is 4.06. The zero-order valence-corrected chi connectivity index (χ0v) is 7.61. The normalized spacial score (nSPS) is 22.6. The molecule has 1 atom stereocenters. The fourth-order valence-electron chi connectivity index (χ4n) is 1.56. The summed E-state index contributed by atoms with van der Waals surface area (Å²) >= 11 is 0. The average molecular weight is 174 g/mol. The summed E-state index contributed by atoms with van der Waals surface area (Å²) in [5.41, 5.74) is 1.19. The van der Waals surface area contributed by atoms with Crippen molar-refractivity contribution in [2.75, 3.05) is 13.1 Å². The lowest BCUT2D eigenvalue weighted by atomic mass is 10.1. The molecule has 1 saturated heterocycles. The zero-order chi connectivity index (χ0) is 8.93. The van der Waals surface area contributed by atoms with Gasteiger partial charge in [0.25, 0.3) is 0 Å². The van der Waals surface area contributed by atoms with Crippen LogP contribution in [0.2, 0.25) is 0 Å². The molecule has 0 aromatic carbocycles. The Bertz CT molecular complexity index is 273. The van der Waals surface area contributed by atoms with E-state index in [1.165, 1.54) is 12.0 Å². The Balaban J connectivity index is 1.97. The number of nitrogens with zero attached hydrogens (tertiary/aromatic N) is 1. The van der Waals surface area contributed by atoms with Crippen molar-refractivity contribution in [2.24, 2.45) is 5.92 Å². The molecular formula is C11H14N2. The number of aromatic nitrogens is 1. The van der Waals surface area contributed by atoms with E-state index in [0.717, 1.165) is 13.1 Å². The van der Waals surface area contributed by atoms with Crippen molar-refractivity contribution in [1.29, 1.82) is 0 Å². The molecule has 1 N–H and O–H groups in total. The monoisotopic (exact) mass is 174 g/mol. The SMILES string of the molecule is C(=C\[C@H]1CCNC1)/c1cccnc1. The van der Waals surface area contributed by atoms with Crippen LogP contribution >= 0.6 is 0 Å². The number of rotatable bonds is 2. The lowest BCUT2D eigenvalue weighted by molar-refractivity contribution is 0.731. The van der Waals surface area contributed by atoms with Gasteiger partial charge in [-0.1, -0.05) is 18.2 Å². The molecule has 68 valence electrons. The van der Waals surface area contributed by atoms with E-state index < -0.39 is 0 Å². The van der Waals surface area contributed by atoms with Crippen molar-refractivity contribution >= 4 is 6.08 Å². The molecule has 0 unspecified atom stereocenters. The van der Waals surface area contributed by atoms with Gasteiger partial charge >= 0.3 is 0 Å². The first-order chi connectivity index (χ1) is 6.45. The quantitative estimate of drug-likeness (QED) is 0.738. The van der Waals surface area contributed by atoms with Crippen molar-refractivity contribution in [1.82, 2.24) is 10.3 Å². The average Bonchev–Trinajstić information content (AvgIpc) is 2.69. The molecule has 0 spiro atoms. The number of hydrogen-bond acceptors (Lipinski definition) is 2. The lowest BCUT2D eigenvalue weighted by Gasteiger charge is -1.98. The minimum absolute atomic E-state index is 0.709. The third-order valence-corrected chi connectivity index (χ3v) is 2.34. The van der Waals surface area contributed by atoms with Crippen molar-refractivity contribution in [3.8, 4) is 0 Å². The van der Waals surface area contributed by atoms with Gasteiger partial charge in [-0.25, -0.2) is 0 Å². The summed E-state index contributed by atoms with van der Waals surface area (Å²) in [5.74, 6) is 0.709. The summed E-state index contributed by atoms with van der Waals surface area (Å²) < 4.78 is 0. The van der Waals surface area contributed by atoms with Gasteiger partial charge in [-0.2, -0.15) is 0 Å². The van der Waals surface area contributed by atoms with E-state index in [2.05, 4.69) is 28.5 Å². The number of hydrogen-bond donors (Lipinski definition) is 1. The van der Waals surface area contributed by atoms with Gasteiger partial charge in [0, 0.05) is 18.9 Å². The number of pyridine rings is 1. The summed E-state index contributed by atoms with van der Waals surface area (Å²) in [7, 11) is 0. The fourth-order valence-corrected chi connectivity index (χ4v) is 1.56. The van der Waals surface area contributed by atoms with Gasteiger partial charge in [0.05, 0.1) is 0 Å². The highest BCUT2D eigenvalue weighted by atomic mass is 14.9. The molecular weight excluding hydrogens is 160 g/mol. The van der Waals surface area contributed by atoms with Crippen LogP contribution in [-0.4, -0.2) is 18.1 Å². The van der Waals surface area contributed by atoms with E-state index in [1.54, 1.807) is 6.20 Å². The molecule has 0 saturated carbocycles. The second kappa shape index (κ2) is 4.19. The molecule has 1 aliphatic rings. The van der Waals surface area contributed by atoms with Crippen molar-refractivity contribution in [2.45, 2.75) is 6.42 Å². The maximum atomic E-state index is 4.06. The molecule has 0 aliphatic carbocycles. The molecule has 2 rings (SSSR count). The predicted molar refractivity (Wildman–Crippen MR) is 54.2 cm³/mol. The lowest BCUT2D eigenvalue weighted by Crippen LogP contribution is -2.07. The van der Waals surface area contributed by atoms with Gasteiger partial charge in [-0.05, 0) is 30.5 Å². The summed E-state index contributed by atoms with van der Waals surface area (Å²) in [5, 5.41) is 3.34. The Morgan fingerprint density at radius 2 is 2.54 bits per heavy atom. The smallest absolute Gasteiger partial charge is 0.0340 e. The third kappa shape index (κ3) is 2.39. The Morgan fingerprint density at radius 1 is 1.54 bits per heavy atom. The molecule has 0 amide bonds. The highest BCUT2D eigenvalue weighted by molar-refractivity contribution is 5.47. The predicted octanol–water partition coefficient (Wildman–Crippen LogP) is 1.70. The molecule has 2 heteroatoms. The van der Waals surface area contributed by atoms with Gasteiger partial charge < -0.3 is 5.32 Å². The van der Waals surface area contributed by atoms with Gasteiger partial charge in [-0.15, -0.1) is 0 Å². The van der Waals surface area contributed by atoms with E-state index in [-0.39, 0.29) is 0 Å². The first kappa shape index (κ1) is 8.45. The molecule has 2 heterocycles. The third-order valence-electron chi connectivity index (χ3n) is 2.34. The van der Waals surface area contributed by atoms with Crippen LogP contribution in [0, 0.1) is 5.92 Å². The molecule has 1 aromatic heterocycles. The van der Waals surface area contributed by atoms with Crippen molar-refractivity contribution in [3.63, 3.8) is 0 Å². The Hall–Kier alpha value is -1.15. The van der Waals surface area contributed by atoms with Crippen LogP contribution in [0.4, 0.5) is 0 Å². The first-order valence-corrected chi connectivity index (χ1v) is 4.74. The molecule has 0 radical (unpaired) electrons. The molecule has 0 bridgehead atoms. The fraction of sp³-hybridized carbons (Fsp3) is 0.364. The molecule has 1 aromatic rings. The number of nitrogens with one attached hydrogen (secondary N) is 1. The second-order valence-electron chi connectivity index (χ2n) is 3.40. The standard InChI is InChI=1S/C11H14N2/c1-2-10(8-12-6-1)3-4-11-5-7-13-9-11/h1-4,6,8,11,13H,5,7,9H2/b4-3+/t11-/m0/s1. The van der Waals surface area contributed by atoms with Gasteiger partial charge in [-0.3, -0.25) is 4.98 Å². The van der Waals surface area contributed by atoms with Crippen molar-refractivity contribution in [3.05, 3.63) is 36.2 Å². The topological polar surface area (TPSA) is 24.9 Å². The van der Waals surface area contributed by atoms with Gasteiger partial charge in [0.2, 0.25) is 0 Å². The molecule has 13 heavy (non-hydrogen) atoms. The minimum atomic E-state index is 0.709. The van der Waals surface area contributed by atoms with Gasteiger partial charge in [0.1, 0.15) is 0 Å². The van der Waals surface area contributed by atoms with E-state index in [1.807, 2.05) is 12.3 Å². The second-order valence-corrected chi connectivity index (χ2v) is 3.40. The van der Waals surface area contributed by atoms with E-state index in [4.69, 9.17) is 0 Å². The summed E-state index contributed by atoms with van der Waals surface area (Å²) in [6, 6.07) is 4.04. The summed E-state index contributed by atoms with van der Waals surface area (Å²) in [6.45, 7) is 2.28. The molecule has 1 aliphatic heterocycles. The van der Waals surface area contributed by atoms with Crippen LogP contribution in [0.15, 0.2) is 30.6 Å². The van der Waals surface area contributed by atoms with Crippen LogP contribution in [0.5, 0.6) is 0 Å². The Morgan fingerprint density at radius 3 is 3.23 bits per heavy atom. The largest absolute Gasteiger partial charge is 0.316 e. The summed E-state index contributed by atoms with van der Waals surface area (Å²) in [6.07, 6.45) is 9.38. The van der Waals surface area contributed by atoms with Crippen LogP contribution < -0.4 is 5.32 Å². The molecule has 1 fully saturated rings. The van der Waals surface area contributed by atoms with Crippen LogP contribution in [0.1, 0.15) is 12.0 Å². The minimum Gasteiger partial charge on any atom is -0.316 e. The summed E-state index contributed by atoms with van der Waals surface area (Å²) in [4.78, 5) is 4.06.